The number of nitrogens with two attached hydrogens (primary N) is 1. The van der Waals surface area contributed by atoms with Crippen LogP contribution in [0.3, 0.4) is 0 Å². The van der Waals surface area contributed by atoms with Gasteiger partial charge in [0.15, 0.2) is 0 Å². The molecule has 0 unspecified atom stereocenters. The van der Waals surface area contributed by atoms with Gasteiger partial charge in [0.1, 0.15) is 0 Å². The molecule has 2 aromatic carbocycles. The molecule has 118 valence electrons. The van der Waals surface area contributed by atoms with E-state index in [9.17, 15) is 8.42 Å². The van der Waals surface area contributed by atoms with E-state index in [2.05, 4.69) is 4.72 Å². The summed E-state index contributed by atoms with van der Waals surface area (Å²) in [6, 6.07) is 11.9. The molecular weight excluding hydrogens is 320 g/mol. The summed E-state index contributed by atoms with van der Waals surface area (Å²) in [5, 5.41) is 0.536. The fourth-order valence-corrected chi connectivity index (χ4v) is 3.45. The molecule has 0 amide bonds. The first-order valence-corrected chi connectivity index (χ1v) is 8.81. The predicted octanol–water partition coefficient (Wildman–Crippen LogP) is 3.52. The van der Waals surface area contributed by atoms with E-state index in [1.54, 1.807) is 36.4 Å². The zero-order valence-corrected chi connectivity index (χ0v) is 14.1. The van der Waals surface area contributed by atoms with E-state index in [1.165, 1.54) is 0 Å². The fourth-order valence-electron chi connectivity index (χ4n) is 1.94. The van der Waals surface area contributed by atoms with Crippen LogP contribution in [0.2, 0.25) is 5.02 Å². The van der Waals surface area contributed by atoms with Crippen LogP contribution in [-0.2, 0) is 10.0 Å². The maximum absolute atomic E-state index is 12.1. The van der Waals surface area contributed by atoms with Gasteiger partial charge in [0.2, 0.25) is 10.0 Å². The summed E-state index contributed by atoms with van der Waals surface area (Å²) >= 11 is 6.17. The van der Waals surface area contributed by atoms with Crippen LogP contribution in [-0.4, -0.2) is 15.0 Å². The van der Waals surface area contributed by atoms with Crippen molar-refractivity contribution in [3.8, 4) is 11.1 Å². The maximum atomic E-state index is 12.1. The molecule has 0 fully saturated rings. The van der Waals surface area contributed by atoms with Gasteiger partial charge in [0.25, 0.3) is 0 Å². The second-order valence-electron chi connectivity index (χ2n) is 5.51. The van der Waals surface area contributed by atoms with Crippen molar-refractivity contribution in [3.05, 3.63) is 47.5 Å². The van der Waals surface area contributed by atoms with E-state index in [4.69, 9.17) is 17.3 Å². The van der Waals surface area contributed by atoms with Crippen LogP contribution in [0.1, 0.15) is 13.8 Å². The highest BCUT2D eigenvalue weighted by molar-refractivity contribution is 7.89. The van der Waals surface area contributed by atoms with Gasteiger partial charge in [-0.25, -0.2) is 13.1 Å². The number of halogens is 1. The quantitative estimate of drug-likeness (QED) is 0.819. The van der Waals surface area contributed by atoms with Crippen molar-refractivity contribution in [2.75, 3.05) is 12.3 Å². The van der Waals surface area contributed by atoms with Crippen molar-refractivity contribution >= 4 is 27.3 Å². The lowest BCUT2D eigenvalue weighted by Crippen LogP contribution is -2.27. The summed E-state index contributed by atoms with van der Waals surface area (Å²) in [6.45, 7) is 4.32. The molecule has 6 heteroatoms. The Morgan fingerprint density at radius 3 is 2.32 bits per heavy atom. The number of nitrogen functional groups attached to an aromatic ring is 1. The highest BCUT2D eigenvalue weighted by Crippen LogP contribution is 2.30. The highest BCUT2D eigenvalue weighted by atomic mass is 35.5. The standard InChI is InChI=1S/C16H19ClN2O2S/c1-11(2)10-19-22(20,21)14-6-3-12(4-7-14)15-8-5-13(18)9-16(15)17/h3-9,11,19H,10,18H2,1-2H3. The summed E-state index contributed by atoms with van der Waals surface area (Å²) < 4.78 is 26.9. The first kappa shape index (κ1) is 16.8. The first-order chi connectivity index (χ1) is 10.3. The lowest BCUT2D eigenvalue weighted by molar-refractivity contribution is 0.560. The minimum absolute atomic E-state index is 0.239. The van der Waals surface area contributed by atoms with Gasteiger partial charge in [-0.2, -0.15) is 0 Å². The largest absolute Gasteiger partial charge is 0.399 e. The average Bonchev–Trinajstić information content (AvgIpc) is 2.45. The van der Waals surface area contributed by atoms with Crippen molar-refractivity contribution in [2.24, 2.45) is 5.92 Å². The zero-order chi connectivity index (χ0) is 16.3. The second-order valence-corrected chi connectivity index (χ2v) is 7.68. The molecule has 0 spiro atoms. The summed E-state index contributed by atoms with van der Waals surface area (Å²) in [6.07, 6.45) is 0. The van der Waals surface area contributed by atoms with Gasteiger partial charge in [0, 0.05) is 17.8 Å². The minimum atomic E-state index is -3.47. The van der Waals surface area contributed by atoms with Crippen LogP contribution in [0.15, 0.2) is 47.4 Å². The van der Waals surface area contributed by atoms with E-state index in [0.717, 1.165) is 11.1 Å². The molecule has 0 saturated heterocycles. The molecule has 0 radical (unpaired) electrons. The number of rotatable bonds is 5. The Morgan fingerprint density at radius 2 is 1.77 bits per heavy atom. The lowest BCUT2D eigenvalue weighted by Gasteiger charge is -2.10. The molecule has 0 aromatic heterocycles. The Hall–Kier alpha value is -1.56. The third-order valence-electron chi connectivity index (χ3n) is 3.15. The van der Waals surface area contributed by atoms with Crippen LogP contribution in [0.4, 0.5) is 5.69 Å². The second kappa shape index (κ2) is 6.69. The van der Waals surface area contributed by atoms with Crippen molar-refractivity contribution in [2.45, 2.75) is 18.7 Å². The SMILES string of the molecule is CC(C)CNS(=O)(=O)c1ccc(-c2ccc(N)cc2Cl)cc1. The van der Waals surface area contributed by atoms with Crippen LogP contribution in [0, 0.1) is 5.92 Å². The Kier molecular flexibility index (Phi) is 5.11. The summed E-state index contributed by atoms with van der Waals surface area (Å²) in [4.78, 5) is 0.239. The smallest absolute Gasteiger partial charge is 0.240 e. The summed E-state index contributed by atoms with van der Waals surface area (Å²) in [5.41, 5.74) is 7.92. The van der Waals surface area contributed by atoms with Gasteiger partial charge >= 0.3 is 0 Å². The van der Waals surface area contributed by atoms with Gasteiger partial charge in [-0.15, -0.1) is 0 Å². The molecule has 0 aliphatic carbocycles. The molecule has 22 heavy (non-hydrogen) atoms. The third kappa shape index (κ3) is 4.00. The number of benzene rings is 2. The highest BCUT2D eigenvalue weighted by Gasteiger charge is 2.14. The molecule has 0 bridgehead atoms. The zero-order valence-electron chi connectivity index (χ0n) is 12.5. The molecule has 3 N–H and O–H groups in total. The number of hydrogen-bond acceptors (Lipinski definition) is 3. The van der Waals surface area contributed by atoms with Crippen molar-refractivity contribution in [3.63, 3.8) is 0 Å². The number of anilines is 1. The predicted molar refractivity (Wildman–Crippen MR) is 91.3 cm³/mol. The minimum Gasteiger partial charge on any atom is -0.399 e. The molecule has 0 aliphatic rings. The Bertz CT molecular complexity index is 756. The van der Waals surface area contributed by atoms with E-state index >= 15 is 0 Å². The van der Waals surface area contributed by atoms with Crippen LogP contribution in [0.5, 0.6) is 0 Å². The molecule has 0 saturated carbocycles. The van der Waals surface area contributed by atoms with Crippen LogP contribution >= 0.6 is 11.6 Å². The molecule has 0 atom stereocenters. The molecular formula is C16H19ClN2O2S. The van der Waals surface area contributed by atoms with Gasteiger partial charge < -0.3 is 5.73 Å². The lowest BCUT2D eigenvalue weighted by atomic mass is 10.1. The molecule has 0 aliphatic heterocycles. The summed E-state index contributed by atoms with van der Waals surface area (Å²) in [5.74, 6) is 0.252. The van der Waals surface area contributed by atoms with Crippen molar-refractivity contribution in [1.29, 1.82) is 0 Å². The van der Waals surface area contributed by atoms with E-state index < -0.39 is 10.0 Å². The van der Waals surface area contributed by atoms with Crippen LogP contribution in [0.25, 0.3) is 11.1 Å². The Labute approximate surface area is 136 Å². The molecule has 2 rings (SSSR count). The van der Waals surface area contributed by atoms with Gasteiger partial charge in [-0.05, 0) is 35.7 Å². The first-order valence-electron chi connectivity index (χ1n) is 6.95. The topological polar surface area (TPSA) is 72.2 Å². The summed E-state index contributed by atoms with van der Waals surface area (Å²) in [7, 11) is -3.47. The number of nitrogens with one attached hydrogen (secondary N) is 1. The Balaban J connectivity index is 2.27. The average molecular weight is 339 g/mol. The fraction of sp³-hybridized carbons (Fsp3) is 0.250. The van der Waals surface area contributed by atoms with Gasteiger partial charge in [0.05, 0.1) is 9.92 Å². The van der Waals surface area contributed by atoms with Gasteiger partial charge in [-0.3, -0.25) is 0 Å². The molecule has 4 nitrogen and oxygen atoms in total. The monoisotopic (exact) mass is 338 g/mol. The van der Waals surface area contributed by atoms with Crippen LogP contribution < -0.4 is 10.5 Å². The molecule has 0 heterocycles. The van der Waals surface area contributed by atoms with Crippen molar-refractivity contribution in [1.82, 2.24) is 4.72 Å². The number of hydrogen-bond donors (Lipinski definition) is 2. The van der Waals surface area contributed by atoms with Crippen molar-refractivity contribution < 1.29 is 8.42 Å². The van der Waals surface area contributed by atoms with E-state index in [1.807, 2.05) is 19.9 Å². The van der Waals surface area contributed by atoms with Gasteiger partial charge in [-0.1, -0.05) is 43.6 Å². The van der Waals surface area contributed by atoms with E-state index in [-0.39, 0.29) is 10.8 Å². The Morgan fingerprint density at radius 1 is 1.14 bits per heavy atom. The number of sulfonamides is 1. The third-order valence-corrected chi connectivity index (χ3v) is 4.90. The van der Waals surface area contributed by atoms with E-state index in [0.29, 0.717) is 17.3 Å². The normalized spacial score (nSPS) is 11.8. The maximum Gasteiger partial charge on any atom is 0.240 e. The molecule has 2 aromatic rings.